The Kier molecular flexibility index (Phi) is 10.7. The van der Waals surface area contributed by atoms with Crippen LogP contribution in [0.3, 0.4) is 0 Å². The smallest absolute Gasteiger partial charge is 0.232 e. The summed E-state index contributed by atoms with van der Waals surface area (Å²) in [6, 6.07) is 37.8. The van der Waals surface area contributed by atoms with Crippen LogP contribution in [-0.4, -0.2) is 32.6 Å². The molecule has 2 N–H and O–H groups in total. The van der Waals surface area contributed by atoms with Gasteiger partial charge in [0.25, 0.3) is 0 Å². The largest absolute Gasteiger partial charge is 0.284 e. The molecule has 0 aromatic heterocycles. The summed E-state index contributed by atoms with van der Waals surface area (Å²) in [6.45, 7) is 3.89. The molecule has 0 radical (unpaired) electrons. The van der Waals surface area contributed by atoms with Crippen LogP contribution in [0.15, 0.2) is 131 Å². The van der Waals surface area contributed by atoms with E-state index in [-0.39, 0.29) is 11.5 Å². The second kappa shape index (κ2) is 15.2. The molecule has 0 aliphatic rings. The van der Waals surface area contributed by atoms with E-state index < -0.39 is 30.8 Å². The van der Waals surface area contributed by atoms with E-state index in [1.165, 1.54) is 0 Å². The van der Waals surface area contributed by atoms with Crippen LogP contribution in [0.1, 0.15) is 39.5 Å². The molecule has 258 valence electrons. The molecule has 0 fully saturated rings. The van der Waals surface area contributed by atoms with Crippen LogP contribution in [0.4, 0.5) is 11.4 Å². The van der Waals surface area contributed by atoms with E-state index in [1.807, 2.05) is 98.8 Å². The van der Waals surface area contributed by atoms with Crippen molar-refractivity contribution in [3.8, 4) is 22.3 Å². The lowest BCUT2D eigenvalue weighted by molar-refractivity contribution is 0.596. The first-order valence-electron chi connectivity index (χ1n) is 16.8. The molecular formula is C40H40N2O5S3. The van der Waals surface area contributed by atoms with Crippen LogP contribution < -0.4 is 9.44 Å². The van der Waals surface area contributed by atoms with Crippen molar-refractivity contribution in [3.63, 3.8) is 0 Å². The fourth-order valence-electron chi connectivity index (χ4n) is 6.10. The molecule has 0 aliphatic heterocycles. The summed E-state index contributed by atoms with van der Waals surface area (Å²) in [5, 5.41) is 3.86. The monoisotopic (exact) mass is 724 g/mol. The Bertz CT molecular complexity index is 2250. The van der Waals surface area contributed by atoms with Crippen molar-refractivity contribution < 1.29 is 21.0 Å². The zero-order chi connectivity index (χ0) is 35.3. The fourth-order valence-corrected chi connectivity index (χ4v) is 9.97. The molecule has 0 spiro atoms. The highest BCUT2D eigenvalue weighted by atomic mass is 32.2. The van der Waals surface area contributed by atoms with Crippen molar-refractivity contribution in [3.05, 3.63) is 121 Å². The molecule has 6 aromatic carbocycles. The third kappa shape index (κ3) is 7.93. The molecule has 0 heterocycles. The second-order valence-corrected chi connectivity index (χ2v) is 17.4. The SMILES string of the molecule is CCCCS(=O)(=O)Nc1ccc(S(=O)c2ccc(NS(=O)(=O)CCCC)cc2-c2cccc3ccccc23)c(-c2cccc3ccccc23)c1. The van der Waals surface area contributed by atoms with Crippen LogP contribution in [0.5, 0.6) is 0 Å². The molecule has 0 bridgehead atoms. The van der Waals surface area contributed by atoms with Crippen LogP contribution in [0, 0.1) is 0 Å². The average Bonchev–Trinajstić information content (AvgIpc) is 3.12. The van der Waals surface area contributed by atoms with E-state index in [0.717, 1.165) is 45.5 Å². The first kappa shape index (κ1) is 35.3. The van der Waals surface area contributed by atoms with Crippen LogP contribution in [0.25, 0.3) is 43.8 Å². The van der Waals surface area contributed by atoms with Crippen molar-refractivity contribution in [2.24, 2.45) is 0 Å². The van der Waals surface area contributed by atoms with Crippen molar-refractivity contribution in [1.82, 2.24) is 0 Å². The van der Waals surface area contributed by atoms with Crippen LogP contribution >= 0.6 is 0 Å². The summed E-state index contributed by atoms with van der Waals surface area (Å²) in [6.07, 6.45) is 2.57. The summed E-state index contributed by atoms with van der Waals surface area (Å²) in [5.41, 5.74) is 3.65. The highest BCUT2D eigenvalue weighted by molar-refractivity contribution is 7.93. The molecule has 6 rings (SSSR count). The molecule has 50 heavy (non-hydrogen) atoms. The van der Waals surface area contributed by atoms with Gasteiger partial charge in [-0.25, -0.2) is 21.0 Å². The lowest BCUT2D eigenvalue weighted by atomic mass is 9.98. The van der Waals surface area contributed by atoms with E-state index in [4.69, 9.17) is 0 Å². The lowest BCUT2D eigenvalue weighted by Crippen LogP contribution is -2.17. The minimum absolute atomic E-state index is 0.00369. The summed E-state index contributed by atoms with van der Waals surface area (Å²) >= 11 is 0. The number of rotatable bonds is 14. The topological polar surface area (TPSA) is 109 Å². The quantitative estimate of drug-likeness (QED) is 0.116. The minimum atomic E-state index is -3.59. The van der Waals surface area contributed by atoms with Gasteiger partial charge in [0, 0.05) is 22.5 Å². The first-order valence-corrected chi connectivity index (χ1v) is 21.2. The number of nitrogens with one attached hydrogen (secondary N) is 2. The van der Waals surface area contributed by atoms with Crippen molar-refractivity contribution in [1.29, 1.82) is 0 Å². The van der Waals surface area contributed by atoms with E-state index >= 15 is 4.21 Å². The van der Waals surface area contributed by atoms with Gasteiger partial charge in [-0.3, -0.25) is 9.44 Å². The van der Waals surface area contributed by atoms with Gasteiger partial charge in [-0.15, -0.1) is 0 Å². The summed E-state index contributed by atoms with van der Waals surface area (Å²) < 4.78 is 72.2. The summed E-state index contributed by atoms with van der Waals surface area (Å²) in [7, 11) is -8.97. The van der Waals surface area contributed by atoms with E-state index in [1.54, 1.807) is 36.4 Å². The minimum Gasteiger partial charge on any atom is -0.284 e. The zero-order valence-corrected chi connectivity index (χ0v) is 30.5. The Morgan fingerprint density at radius 1 is 0.500 bits per heavy atom. The van der Waals surface area contributed by atoms with Crippen molar-refractivity contribution in [2.75, 3.05) is 20.9 Å². The molecular weight excluding hydrogens is 685 g/mol. The molecule has 0 saturated heterocycles. The molecule has 6 aromatic rings. The maximum atomic E-state index is 15.0. The van der Waals surface area contributed by atoms with Crippen LogP contribution in [0.2, 0.25) is 0 Å². The molecule has 0 unspecified atom stereocenters. The molecule has 10 heteroatoms. The Morgan fingerprint density at radius 3 is 1.32 bits per heavy atom. The van der Waals surface area contributed by atoms with E-state index in [0.29, 0.717) is 45.1 Å². The number of sulfonamides is 2. The van der Waals surface area contributed by atoms with Gasteiger partial charge >= 0.3 is 0 Å². The zero-order valence-electron chi connectivity index (χ0n) is 28.1. The van der Waals surface area contributed by atoms with Gasteiger partial charge in [0.15, 0.2) is 0 Å². The van der Waals surface area contributed by atoms with Gasteiger partial charge in [-0.2, -0.15) is 0 Å². The van der Waals surface area contributed by atoms with Gasteiger partial charge < -0.3 is 0 Å². The van der Waals surface area contributed by atoms with Gasteiger partial charge in [0.2, 0.25) is 20.0 Å². The third-order valence-electron chi connectivity index (χ3n) is 8.60. The maximum Gasteiger partial charge on any atom is 0.232 e. The van der Waals surface area contributed by atoms with E-state index in [2.05, 4.69) is 9.44 Å². The number of anilines is 2. The Labute approximate surface area is 297 Å². The Morgan fingerprint density at radius 2 is 0.900 bits per heavy atom. The van der Waals surface area contributed by atoms with Gasteiger partial charge in [0.1, 0.15) is 0 Å². The fraction of sp³-hybridized carbons (Fsp3) is 0.200. The predicted molar refractivity (Wildman–Crippen MR) is 208 cm³/mol. The molecule has 7 nitrogen and oxygen atoms in total. The predicted octanol–water partition coefficient (Wildman–Crippen LogP) is 9.58. The second-order valence-electron chi connectivity index (χ2n) is 12.3. The Hall–Kier alpha value is -4.51. The number of hydrogen-bond donors (Lipinski definition) is 2. The van der Waals surface area contributed by atoms with Crippen molar-refractivity contribution in [2.45, 2.75) is 49.3 Å². The van der Waals surface area contributed by atoms with Gasteiger partial charge in [0.05, 0.1) is 32.1 Å². The van der Waals surface area contributed by atoms with Gasteiger partial charge in [-0.05, 0) is 81.9 Å². The standard InChI is InChI=1S/C40H40N2O5S3/c1-3-5-25-49(44,45)41-31-21-23-39(37(27-31)35-19-11-15-29-13-7-9-17-33(29)35)48(43)40-24-22-32(42-50(46,47)26-6-4-2)28-38(40)36-20-12-16-30-14-8-10-18-34(30)36/h7-24,27-28,41-42H,3-6,25-26H2,1-2H3. The number of hydrogen-bond acceptors (Lipinski definition) is 5. The van der Waals surface area contributed by atoms with E-state index in [9.17, 15) is 16.8 Å². The molecule has 0 atom stereocenters. The molecule has 0 aliphatic carbocycles. The third-order valence-corrected chi connectivity index (χ3v) is 12.9. The lowest BCUT2D eigenvalue weighted by Gasteiger charge is -2.18. The Balaban J connectivity index is 1.54. The maximum absolute atomic E-state index is 15.0. The molecule has 0 amide bonds. The number of fused-ring (bicyclic) bond motifs is 2. The first-order chi connectivity index (χ1) is 24.1. The van der Waals surface area contributed by atoms with Crippen LogP contribution in [-0.2, 0) is 30.8 Å². The average molecular weight is 725 g/mol. The molecule has 0 saturated carbocycles. The number of unbranched alkanes of at least 4 members (excludes halogenated alkanes) is 2. The number of benzene rings is 6. The van der Waals surface area contributed by atoms with Gasteiger partial charge in [-0.1, -0.05) is 112 Å². The summed E-state index contributed by atoms with van der Waals surface area (Å²) in [5.74, 6) is 0.00739. The van der Waals surface area contributed by atoms with Crippen molar-refractivity contribution >= 4 is 63.8 Å². The highest BCUT2D eigenvalue weighted by Gasteiger charge is 2.22. The normalized spacial score (nSPS) is 12.1. The highest BCUT2D eigenvalue weighted by Crippen LogP contribution is 2.40. The summed E-state index contributed by atoms with van der Waals surface area (Å²) in [4.78, 5) is 0.992.